The fraction of sp³-hybridized carbons (Fsp3) is 0.643. The molecule has 0 bridgehead atoms. The maximum Gasteiger partial charge on any atom is 0.261 e. The lowest BCUT2D eigenvalue weighted by Gasteiger charge is -2.25. The lowest BCUT2D eigenvalue weighted by molar-refractivity contribution is 0.0914. The highest BCUT2D eigenvalue weighted by Crippen LogP contribution is 2.23. The van der Waals surface area contributed by atoms with Crippen LogP contribution < -0.4 is 5.32 Å². The van der Waals surface area contributed by atoms with E-state index in [0.717, 1.165) is 43.5 Å². The summed E-state index contributed by atoms with van der Waals surface area (Å²) >= 11 is 1.58. The summed E-state index contributed by atoms with van der Waals surface area (Å²) in [7, 11) is 0. The van der Waals surface area contributed by atoms with E-state index in [2.05, 4.69) is 12.2 Å². The molecular formula is C14H21NO2S. The van der Waals surface area contributed by atoms with Crippen LogP contribution in [0.4, 0.5) is 0 Å². The number of carbonyl (C=O) groups excluding carboxylic acids is 1. The van der Waals surface area contributed by atoms with Gasteiger partial charge in [-0.15, -0.1) is 11.3 Å². The minimum Gasteiger partial charge on any atom is -0.393 e. The molecule has 1 amide bonds. The summed E-state index contributed by atoms with van der Waals surface area (Å²) < 4.78 is 0. The number of amides is 1. The molecule has 1 heterocycles. The number of thiophene rings is 1. The van der Waals surface area contributed by atoms with Crippen LogP contribution in [0.5, 0.6) is 0 Å². The van der Waals surface area contributed by atoms with Gasteiger partial charge in [0.15, 0.2) is 0 Å². The van der Waals surface area contributed by atoms with Gasteiger partial charge >= 0.3 is 0 Å². The lowest BCUT2D eigenvalue weighted by atomic mass is 9.87. The predicted octanol–water partition coefficient (Wildman–Crippen LogP) is 2.59. The molecule has 1 fully saturated rings. The van der Waals surface area contributed by atoms with Crippen LogP contribution in [0, 0.1) is 5.92 Å². The molecule has 2 N–H and O–H groups in total. The molecule has 0 radical (unpaired) electrons. The monoisotopic (exact) mass is 267 g/mol. The number of aryl methyl sites for hydroxylation is 1. The van der Waals surface area contributed by atoms with Crippen molar-refractivity contribution in [3.63, 3.8) is 0 Å². The van der Waals surface area contributed by atoms with E-state index in [-0.39, 0.29) is 12.0 Å². The van der Waals surface area contributed by atoms with Crippen LogP contribution >= 0.6 is 11.3 Å². The van der Waals surface area contributed by atoms with Crippen LogP contribution in [0.2, 0.25) is 0 Å². The summed E-state index contributed by atoms with van der Waals surface area (Å²) in [5.41, 5.74) is 0. The minimum atomic E-state index is -0.124. The number of nitrogens with one attached hydrogen (secondary N) is 1. The second-order valence-electron chi connectivity index (χ2n) is 5.00. The molecule has 4 heteroatoms. The second-order valence-corrected chi connectivity index (χ2v) is 6.17. The molecule has 1 aromatic rings. The van der Waals surface area contributed by atoms with Crippen LogP contribution in [0.1, 0.15) is 47.2 Å². The Bertz CT molecular complexity index is 394. The number of rotatable bonds is 4. The van der Waals surface area contributed by atoms with Crippen molar-refractivity contribution >= 4 is 17.2 Å². The average molecular weight is 267 g/mol. The van der Waals surface area contributed by atoms with Crippen molar-refractivity contribution in [2.75, 3.05) is 6.54 Å². The van der Waals surface area contributed by atoms with Crippen molar-refractivity contribution in [3.05, 3.63) is 21.9 Å². The smallest absolute Gasteiger partial charge is 0.261 e. The molecule has 0 saturated heterocycles. The Hall–Kier alpha value is -0.870. The fourth-order valence-corrected chi connectivity index (χ4v) is 3.23. The zero-order valence-corrected chi connectivity index (χ0v) is 11.6. The van der Waals surface area contributed by atoms with Crippen molar-refractivity contribution in [1.82, 2.24) is 5.32 Å². The van der Waals surface area contributed by atoms with Crippen molar-refractivity contribution in [3.8, 4) is 0 Å². The molecule has 0 unspecified atom stereocenters. The van der Waals surface area contributed by atoms with Crippen LogP contribution in [-0.2, 0) is 6.42 Å². The van der Waals surface area contributed by atoms with Gasteiger partial charge in [0.2, 0.25) is 0 Å². The van der Waals surface area contributed by atoms with E-state index in [4.69, 9.17) is 0 Å². The number of aliphatic hydroxyl groups is 1. The molecule has 3 nitrogen and oxygen atoms in total. The van der Waals surface area contributed by atoms with E-state index in [0.29, 0.717) is 5.92 Å². The molecule has 1 aromatic heterocycles. The Morgan fingerprint density at radius 3 is 2.72 bits per heavy atom. The third-order valence-corrected chi connectivity index (χ3v) is 4.83. The van der Waals surface area contributed by atoms with Gasteiger partial charge in [-0.1, -0.05) is 6.92 Å². The number of carbonyl (C=O) groups is 1. The van der Waals surface area contributed by atoms with Gasteiger partial charge in [0.1, 0.15) is 0 Å². The lowest BCUT2D eigenvalue weighted by Crippen LogP contribution is -2.31. The van der Waals surface area contributed by atoms with Gasteiger partial charge in [-0.2, -0.15) is 0 Å². The minimum absolute atomic E-state index is 0.0471. The van der Waals surface area contributed by atoms with Gasteiger partial charge in [0, 0.05) is 11.4 Å². The van der Waals surface area contributed by atoms with Crippen molar-refractivity contribution in [2.45, 2.75) is 45.1 Å². The zero-order chi connectivity index (χ0) is 13.0. The highest BCUT2D eigenvalue weighted by atomic mass is 32.1. The van der Waals surface area contributed by atoms with Crippen molar-refractivity contribution in [1.29, 1.82) is 0 Å². The van der Waals surface area contributed by atoms with Gasteiger partial charge in [-0.05, 0) is 50.2 Å². The first-order valence-electron chi connectivity index (χ1n) is 6.74. The molecular weight excluding hydrogens is 246 g/mol. The van der Waals surface area contributed by atoms with Gasteiger partial charge in [-0.25, -0.2) is 0 Å². The van der Waals surface area contributed by atoms with Crippen LogP contribution in [-0.4, -0.2) is 23.7 Å². The fourth-order valence-electron chi connectivity index (χ4n) is 2.36. The summed E-state index contributed by atoms with van der Waals surface area (Å²) in [5.74, 6) is 0.578. The summed E-state index contributed by atoms with van der Waals surface area (Å²) in [6.45, 7) is 2.84. The molecule has 18 heavy (non-hydrogen) atoms. The van der Waals surface area contributed by atoms with Gasteiger partial charge < -0.3 is 10.4 Å². The molecule has 2 rings (SSSR count). The quantitative estimate of drug-likeness (QED) is 0.881. The molecule has 1 aliphatic carbocycles. The molecule has 0 spiro atoms. The maximum absolute atomic E-state index is 11.9. The summed E-state index contributed by atoms with van der Waals surface area (Å²) in [5, 5.41) is 12.4. The maximum atomic E-state index is 11.9. The highest BCUT2D eigenvalue weighted by Gasteiger charge is 2.20. The van der Waals surface area contributed by atoms with E-state index < -0.39 is 0 Å². The van der Waals surface area contributed by atoms with Crippen molar-refractivity contribution < 1.29 is 9.90 Å². The Morgan fingerprint density at radius 1 is 1.39 bits per heavy atom. The van der Waals surface area contributed by atoms with Crippen LogP contribution in [0.3, 0.4) is 0 Å². The first kappa shape index (κ1) is 13.6. The number of hydrogen-bond acceptors (Lipinski definition) is 3. The molecule has 100 valence electrons. The first-order chi connectivity index (χ1) is 8.69. The summed E-state index contributed by atoms with van der Waals surface area (Å²) in [4.78, 5) is 14.0. The Balaban J connectivity index is 1.77. The first-order valence-corrected chi connectivity index (χ1v) is 7.55. The topological polar surface area (TPSA) is 49.3 Å². The number of aliphatic hydroxyl groups excluding tert-OH is 1. The van der Waals surface area contributed by atoms with Gasteiger partial charge in [0.25, 0.3) is 5.91 Å². The van der Waals surface area contributed by atoms with E-state index in [1.165, 1.54) is 4.88 Å². The van der Waals surface area contributed by atoms with Crippen LogP contribution in [0.25, 0.3) is 0 Å². The predicted molar refractivity (Wildman–Crippen MR) is 74.0 cm³/mol. The van der Waals surface area contributed by atoms with Crippen molar-refractivity contribution in [2.24, 2.45) is 5.92 Å². The standard InChI is InChI=1S/C14H21NO2S/c1-2-12-7-8-13(18-12)14(17)15-9-10-3-5-11(16)6-4-10/h7-8,10-11,16H,2-6,9H2,1H3,(H,15,17). The Kier molecular flexibility index (Phi) is 4.78. The Morgan fingerprint density at radius 2 is 2.11 bits per heavy atom. The molecule has 0 atom stereocenters. The SMILES string of the molecule is CCc1ccc(C(=O)NCC2CCC(O)CC2)s1. The van der Waals surface area contributed by atoms with Gasteiger partial charge in [0.05, 0.1) is 11.0 Å². The normalized spacial score (nSPS) is 23.9. The summed E-state index contributed by atoms with van der Waals surface area (Å²) in [6, 6.07) is 3.93. The molecule has 1 aliphatic rings. The highest BCUT2D eigenvalue weighted by molar-refractivity contribution is 7.14. The van der Waals surface area contributed by atoms with E-state index >= 15 is 0 Å². The molecule has 0 aromatic carbocycles. The Labute approximate surface area is 112 Å². The second kappa shape index (κ2) is 6.34. The molecule has 1 saturated carbocycles. The summed E-state index contributed by atoms with van der Waals surface area (Å²) in [6.07, 6.45) is 4.65. The number of hydrogen-bond donors (Lipinski definition) is 2. The van der Waals surface area contributed by atoms with Gasteiger partial charge in [-0.3, -0.25) is 4.79 Å². The largest absolute Gasteiger partial charge is 0.393 e. The third kappa shape index (κ3) is 3.56. The van der Waals surface area contributed by atoms with Crippen LogP contribution in [0.15, 0.2) is 12.1 Å². The third-order valence-electron chi connectivity index (χ3n) is 3.60. The van der Waals surface area contributed by atoms with E-state index in [9.17, 15) is 9.90 Å². The molecule has 0 aliphatic heterocycles. The average Bonchev–Trinajstić information content (AvgIpc) is 2.86. The van der Waals surface area contributed by atoms with E-state index in [1.807, 2.05) is 12.1 Å². The van der Waals surface area contributed by atoms with E-state index in [1.54, 1.807) is 11.3 Å². The zero-order valence-electron chi connectivity index (χ0n) is 10.8.